The molecule has 0 bridgehead atoms. The van der Waals surface area contributed by atoms with Gasteiger partial charge < -0.3 is 4.79 Å². The highest BCUT2D eigenvalue weighted by molar-refractivity contribution is 5.50. The summed E-state index contributed by atoms with van der Waals surface area (Å²) in [6.07, 6.45) is 2.50. The first-order chi connectivity index (χ1) is 7.70. The molecule has 0 aromatic heterocycles. The van der Waals surface area contributed by atoms with Crippen molar-refractivity contribution in [2.45, 2.75) is 45.8 Å². The maximum atomic E-state index is 10.3. The Kier molecular flexibility index (Phi) is 3.39. The second-order valence-electron chi connectivity index (χ2n) is 4.81. The van der Waals surface area contributed by atoms with Gasteiger partial charge in [-0.3, -0.25) is 4.90 Å². The molecule has 1 heterocycles. The predicted octanol–water partition coefficient (Wildman–Crippen LogP) is 2.54. The predicted molar refractivity (Wildman–Crippen MR) is 65.2 cm³/mol. The quantitative estimate of drug-likeness (QED) is 0.722. The van der Waals surface area contributed by atoms with Crippen molar-refractivity contribution < 1.29 is 4.79 Å². The van der Waals surface area contributed by atoms with Gasteiger partial charge in [0.1, 0.15) is 6.29 Å². The van der Waals surface area contributed by atoms with Crippen LogP contribution in [0.3, 0.4) is 0 Å². The number of aryl methyl sites for hydroxylation is 1. The van der Waals surface area contributed by atoms with Crippen LogP contribution in [0.5, 0.6) is 0 Å². The van der Waals surface area contributed by atoms with Crippen LogP contribution in [0.4, 0.5) is 0 Å². The van der Waals surface area contributed by atoms with Crippen LogP contribution < -0.4 is 0 Å². The molecule has 0 saturated carbocycles. The van der Waals surface area contributed by atoms with Crippen molar-refractivity contribution in [3.05, 3.63) is 34.9 Å². The molecule has 0 fully saturated rings. The van der Waals surface area contributed by atoms with Gasteiger partial charge in [-0.2, -0.15) is 0 Å². The molecule has 0 unspecified atom stereocenters. The zero-order valence-corrected chi connectivity index (χ0v) is 10.1. The summed E-state index contributed by atoms with van der Waals surface area (Å²) in [4.78, 5) is 12.8. The highest BCUT2D eigenvalue weighted by atomic mass is 16.1. The molecule has 2 heteroatoms. The first kappa shape index (κ1) is 11.3. The van der Waals surface area contributed by atoms with E-state index in [-0.39, 0.29) is 0 Å². The number of hydrogen-bond acceptors (Lipinski definition) is 2. The molecule has 1 aliphatic heterocycles. The smallest absolute Gasteiger partial charge is 0.120 e. The number of benzene rings is 1. The minimum absolute atomic E-state index is 0.603. The molecule has 2 nitrogen and oxygen atoms in total. The standard InChI is InChI=1S/C14H19NO/c1-11(2)15-9-13-6-5-12(4-3-7-16)8-14(13)10-15/h5-8,11H,3-4,9-10H2,1-2H3. The molecule has 0 spiro atoms. The van der Waals surface area contributed by atoms with Crippen molar-refractivity contribution >= 4 is 6.29 Å². The van der Waals surface area contributed by atoms with Gasteiger partial charge in [0.25, 0.3) is 0 Å². The van der Waals surface area contributed by atoms with Crippen molar-refractivity contribution in [2.75, 3.05) is 0 Å². The van der Waals surface area contributed by atoms with E-state index in [4.69, 9.17) is 0 Å². The van der Waals surface area contributed by atoms with Crippen molar-refractivity contribution in [2.24, 2.45) is 0 Å². The molecule has 0 N–H and O–H groups in total. The monoisotopic (exact) mass is 217 g/mol. The number of aldehydes is 1. The molecule has 1 aromatic rings. The van der Waals surface area contributed by atoms with E-state index in [1.54, 1.807) is 0 Å². The van der Waals surface area contributed by atoms with Crippen LogP contribution in [0.1, 0.15) is 37.0 Å². The van der Waals surface area contributed by atoms with E-state index in [2.05, 4.69) is 36.9 Å². The Balaban J connectivity index is 2.11. The van der Waals surface area contributed by atoms with E-state index in [1.807, 2.05) is 0 Å². The van der Waals surface area contributed by atoms with Gasteiger partial charge in [0, 0.05) is 25.6 Å². The van der Waals surface area contributed by atoms with Gasteiger partial charge in [-0.25, -0.2) is 0 Å². The summed E-state index contributed by atoms with van der Waals surface area (Å²) in [6.45, 7) is 6.60. The summed E-state index contributed by atoms with van der Waals surface area (Å²) in [5.41, 5.74) is 4.18. The van der Waals surface area contributed by atoms with E-state index < -0.39 is 0 Å². The molecule has 0 saturated heterocycles. The molecular weight excluding hydrogens is 198 g/mol. The average molecular weight is 217 g/mol. The van der Waals surface area contributed by atoms with Gasteiger partial charge in [0.2, 0.25) is 0 Å². The Bertz CT molecular complexity index is 384. The molecule has 86 valence electrons. The molecule has 0 aliphatic carbocycles. The maximum absolute atomic E-state index is 10.3. The number of hydrogen-bond donors (Lipinski definition) is 0. The number of carbonyl (C=O) groups excluding carboxylic acids is 1. The molecule has 1 aromatic carbocycles. The molecule has 16 heavy (non-hydrogen) atoms. The van der Waals surface area contributed by atoms with Crippen LogP contribution in [0, 0.1) is 0 Å². The lowest BCUT2D eigenvalue weighted by molar-refractivity contribution is -0.107. The fourth-order valence-corrected chi connectivity index (χ4v) is 2.22. The number of fused-ring (bicyclic) bond motifs is 1. The molecule has 0 atom stereocenters. The van der Waals surface area contributed by atoms with Crippen molar-refractivity contribution in [3.63, 3.8) is 0 Å². The summed E-state index contributed by atoms with van der Waals surface area (Å²) in [5.74, 6) is 0. The Morgan fingerprint density at radius 3 is 2.75 bits per heavy atom. The van der Waals surface area contributed by atoms with Crippen LogP contribution in [0.2, 0.25) is 0 Å². The SMILES string of the molecule is CC(C)N1Cc2ccc(CCC=O)cc2C1. The first-order valence-electron chi connectivity index (χ1n) is 5.99. The summed E-state index contributed by atoms with van der Waals surface area (Å²) >= 11 is 0. The van der Waals surface area contributed by atoms with Crippen LogP contribution in [0.15, 0.2) is 18.2 Å². The summed E-state index contributed by atoms with van der Waals surface area (Å²) < 4.78 is 0. The van der Waals surface area contributed by atoms with Crippen LogP contribution in [-0.4, -0.2) is 17.2 Å². The zero-order chi connectivity index (χ0) is 11.5. The number of rotatable bonds is 4. The van der Waals surface area contributed by atoms with E-state index in [9.17, 15) is 4.79 Å². The Hall–Kier alpha value is -1.15. The van der Waals surface area contributed by atoms with Gasteiger partial charge in [0.15, 0.2) is 0 Å². The molecular formula is C14H19NO. The fraction of sp³-hybridized carbons (Fsp3) is 0.500. The van der Waals surface area contributed by atoms with Gasteiger partial charge in [0.05, 0.1) is 0 Å². The van der Waals surface area contributed by atoms with Gasteiger partial charge in [-0.1, -0.05) is 18.2 Å². The van der Waals surface area contributed by atoms with Gasteiger partial charge in [-0.05, 0) is 37.0 Å². The third-order valence-corrected chi connectivity index (χ3v) is 3.30. The topological polar surface area (TPSA) is 20.3 Å². The summed E-state index contributed by atoms with van der Waals surface area (Å²) in [5, 5.41) is 0. The Labute approximate surface area is 97.3 Å². The van der Waals surface area contributed by atoms with Crippen LogP contribution in [0.25, 0.3) is 0 Å². The lowest BCUT2D eigenvalue weighted by Crippen LogP contribution is -2.24. The lowest BCUT2D eigenvalue weighted by atomic mass is 10.0. The van der Waals surface area contributed by atoms with E-state index in [0.717, 1.165) is 25.8 Å². The molecule has 2 rings (SSSR count). The number of carbonyl (C=O) groups is 1. The zero-order valence-electron chi connectivity index (χ0n) is 10.1. The third-order valence-electron chi connectivity index (χ3n) is 3.30. The van der Waals surface area contributed by atoms with Crippen molar-refractivity contribution in [1.82, 2.24) is 4.90 Å². The Morgan fingerprint density at radius 1 is 1.31 bits per heavy atom. The Morgan fingerprint density at radius 2 is 2.06 bits per heavy atom. The molecule has 0 amide bonds. The highest BCUT2D eigenvalue weighted by Crippen LogP contribution is 2.25. The van der Waals surface area contributed by atoms with Gasteiger partial charge in [-0.15, -0.1) is 0 Å². The average Bonchev–Trinajstić information content (AvgIpc) is 2.69. The second-order valence-corrected chi connectivity index (χ2v) is 4.81. The lowest BCUT2D eigenvalue weighted by Gasteiger charge is -2.18. The normalized spacial score (nSPS) is 15.4. The minimum Gasteiger partial charge on any atom is -0.303 e. The highest BCUT2D eigenvalue weighted by Gasteiger charge is 2.20. The number of nitrogens with zero attached hydrogens (tertiary/aromatic N) is 1. The van der Waals surface area contributed by atoms with Crippen molar-refractivity contribution in [1.29, 1.82) is 0 Å². The van der Waals surface area contributed by atoms with Crippen LogP contribution in [-0.2, 0) is 24.3 Å². The van der Waals surface area contributed by atoms with E-state index >= 15 is 0 Å². The summed E-state index contributed by atoms with van der Waals surface area (Å²) in [6, 6.07) is 7.25. The maximum Gasteiger partial charge on any atom is 0.120 e. The van der Waals surface area contributed by atoms with Crippen molar-refractivity contribution in [3.8, 4) is 0 Å². The van der Waals surface area contributed by atoms with E-state index in [1.165, 1.54) is 16.7 Å². The largest absolute Gasteiger partial charge is 0.303 e. The van der Waals surface area contributed by atoms with E-state index in [0.29, 0.717) is 12.5 Å². The van der Waals surface area contributed by atoms with Gasteiger partial charge >= 0.3 is 0 Å². The molecule has 1 aliphatic rings. The summed E-state index contributed by atoms with van der Waals surface area (Å²) in [7, 11) is 0. The first-order valence-corrected chi connectivity index (χ1v) is 5.99. The second kappa shape index (κ2) is 4.79. The molecule has 0 radical (unpaired) electrons. The fourth-order valence-electron chi connectivity index (χ4n) is 2.22. The minimum atomic E-state index is 0.603. The van der Waals surface area contributed by atoms with Crippen LogP contribution >= 0.6 is 0 Å². The third kappa shape index (κ3) is 2.33.